The predicted molar refractivity (Wildman–Crippen MR) is 129 cm³/mol. The molecule has 9 heteroatoms. The molecule has 0 bridgehead atoms. The highest BCUT2D eigenvalue weighted by Crippen LogP contribution is 2.57. The van der Waals surface area contributed by atoms with Crippen molar-refractivity contribution in [3.05, 3.63) is 72.3 Å². The molecule has 170 valence electrons. The third-order valence-electron chi connectivity index (χ3n) is 5.25. The molecule has 3 atom stereocenters. The van der Waals surface area contributed by atoms with Gasteiger partial charge in [0.05, 0.1) is 16.5 Å². The fourth-order valence-electron chi connectivity index (χ4n) is 3.72. The number of halogens is 2. The first-order chi connectivity index (χ1) is 15.4. The summed E-state index contributed by atoms with van der Waals surface area (Å²) < 4.78 is 4.61. The molecule has 2 unspecified atom stereocenters. The van der Waals surface area contributed by atoms with Crippen LogP contribution in [0.15, 0.2) is 66.7 Å². The lowest BCUT2D eigenvalue weighted by atomic mass is 9.89. The van der Waals surface area contributed by atoms with Gasteiger partial charge in [-0.25, -0.2) is 4.79 Å². The maximum absolute atomic E-state index is 13.2. The average Bonchev–Trinajstić information content (AvgIpc) is 3.04. The van der Waals surface area contributed by atoms with Crippen LogP contribution in [0.1, 0.15) is 18.9 Å². The van der Waals surface area contributed by atoms with Gasteiger partial charge < -0.3 is 10.1 Å². The number of nitrogens with one attached hydrogen (secondary N) is 1. The summed E-state index contributed by atoms with van der Waals surface area (Å²) in [5, 5.41) is 2.80. The molecular formula is C23H24BrClN2O4S. The number of alkyl halides is 2. The minimum absolute atomic E-state index is 0.0407. The van der Waals surface area contributed by atoms with Crippen molar-refractivity contribution in [3.63, 3.8) is 0 Å². The Kier molecular flexibility index (Phi) is 8.25. The van der Waals surface area contributed by atoms with E-state index in [0.717, 1.165) is 5.56 Å². The number of hydrogen-bond donors (Lipinski definition) is 1. The summed E-state index contributed by atoms with van der Waals surface area (Å²) >= 11 is 11.1. The van der Waals surface area contributed by atoms with E-state index in [9.17, 15) is 14.4 Å². The van der Waals surface area contributed by atoms with Crippen molar-refractivity contribution in [3.8, 4) is 0 Å². The van der Waals surface area contributed by atoms with Crippen molar-refractivity contribution in [1.82, 2.24) is 10.2 Å². The Labute approximate surface area is 205 Å². The Morgan fingerprint density at radius 2 is 1.72 bits per heavy atom. The van der Waals surface area contributed by atoms with Gasteiger partial charge in [-0.1, -0.05) is 82.7 Å². The molecule has 4 rings (SSSR count). The van der Waals surface area contributed by atoms with E-state index in [-0.39, 0.29) is 23.8 Å². The molecule has 2 fully saturated rings. The van der Waals surface area contributed by atoms with Crippen LogP contribution in [0, 0.1) is 0 Å². The molecule has 2 aliphatic rings. The standard InChI is InChI=1S/C17H18BrClN2O4S.C6H6/c1-11(22)20-17(15(24)25-8-12-5-3-2-4-6-12)16(9-18,10-19)26-14-7-13(23)21(14)17;1-2-4-6-5-3-1/h2-6,14H,7-10H2,1H3,(H,20,22);1-6H/t14-,16?,17?;/m1./s1. The van der Waals surface area contributed by atoms with Gasteiger partial charge >= 0.3 is 5.97 Å². The number of rotatable bonds is 6. The number of nitrogens with zero attached hydrogens (tertiary/aromatic N) is 1. The Bertz CT molecular complexity index is 919. The smallest absolute Gasteiger partial charge is 0.355 e. The highest BCUT2D eigenvalue weighted by molar-refractivity contribution is 9.09. The van der Waals surface area contributed by atoms with Crippen LogP contribution in [-0.4, -0.2) is 49.7 Å². The molecule has 0 saturated carbocycles. The molecule has 32 heavy (non-hydrogen) atoms. The van der Waals surface area contributed by atoms with Crippen LogP contribution in [0.4, 0.5) is 0 Å². The topological polar surface area (TPSA) is 75.7 Å². The van der Waals surface area contributed by atoms with Crippen LogP contribution in [0.5, 0.6) is 0 Å². The zero-order valence-electron chi connectivity index (χ0n) is 17.5. The molecule has 2 aliphatic heterocycles. The average molecular weight is 540 g/mol. The summed E-state index contributed by atoms with van der Waals surface area (Å²) in [7, 11) is 0. The molecule has 2 aromatic carbocycles. The lowest BCUT2D eigenvalue weighted by Gasteiger charge is -2.48. The summed E-state index contributed by atoms with van der Waals surface area (Å²) in [6.07, 6.45) is 0.309. The third kappa shape index (κ3) is 4.67. The van der Waals surface area contributed by atoms with Crippen molar-refractivity contribution < 1.29 is 19.1 Å². The first-order valence-corrected chi connectivity index (χ1v) is 12.6. The molecule has 2 saturated heterocycles. The predicted octanol–water partition coefficient (Wildman–Crippen LogP) is 3.93. The number of benzene rings is 2. The Hall–Kier alpha value is -2.03. The Balaban J connectivity index is 0.000000416. The number of fused-ring (bicyclic) bond motifs is 1. The van der Waals surface area contributed by atoms with Gasteiger partial charge in [-0.15, -0.1) is 23.4 Å². The van der Waals surface area contributed by atoms with Crippen LogP contribution >= 0.6 is 39.3 Å². The zero-order valence-corrected chi connectivity index (χ0v) is 20.7. The van der Waals surface area contributed by atoms with Crippen molar-refractivity contribution in [2.75, 3.05) is 11.2 Å². The van der Waals surface area contributed by atoms with Gasteiger partial charge in [-0.2, -0.15) is 0 Å². The van der Waals surface area contributed by atoms with Gasteiger partial charge in [-0.05, 0) is 5.56 Å². The molecule has 2 amide bonds. The van der Waals surface area contributed by atoms with Gasteiger partial charge in [0.1, 0.15) is 6.61 Å². The number of β-lactam (4-membered cyclic amide) rings is 1. The van der Waals surface area contributed by atoms with Crippen LogP contribution in [0.2, 0.25) is 0 Å². The van der Waals surface area contributed by atoms with E-state index in [2.05, 4.69) is 21.2 Å². The largest absolute Gasteiger partial charge is 0.458 e. The number of esters is 1. The molecular weight excluding hydrogens is 516 g/mol. The van der Waals surface area contributed by atoms with E-state index in [1.807, 2.05) is 66.7 Å². The highest BCUT2D eigenvalue weighted by Gasteiger charge is 2.73. The van der Waals surface area contributed by atoms with E-state index in [4.69, 9.17) is 16.3 Å². The Morgan fingerprint density at radius 1 is 1.16 bits per heavy atom. The maximum Gasteiger partial charge on any atom is 0.355 e. The number of carbonyl (C=O) groups is 3. The fraction of sp³-hybridized carbons (Fsp3) is 0.348. The van der Waals surface area contributed by atoms with Crippen molar-refractivity contribution in [2.24, 2.45) is 0 Å². The van der Waals surface area contributed by atoms with E-state index in [1.165, 1.54) is 23.6 Å². The van der Waals surface area contributed by atoms with Crippen LogP contribution in [-0.2, 0) is 25.7 Å². The van der Waals surface area contributed by atoms with Crippen LogP contribution in [0.25, 0.3) is 0 Å². The number of hydrogen-bond acceptors (Lipinski definition) is 5. The van der Waals surface area contributed by atoms with E-state index >= 15 is 0 Å². The number of thioether (sulfide) groups is 1. The van der Waals surface area contributed by atoms with Gasteiger partial charge in [0.25, 0.3) is 0 Å². The molecule has 2 aromatic rings. The minimum atomic E-state index is -1.64. The summed E-state index contributed by atoms with van der Waals surface area (Å²) in [6.45, 7) is 1.35. The number of ether oxygens (including phenoxy) is 1. The molecule has 0 aliphatic carbocycles. The van der Waals surface area contributed by atoms with Crippen LogP contribution < -0.4 is 5.32 Å². The van der Waals surface area contributed by atoms with Gasteiger partial charge in [-0.3, -0.25) is 14.5 Å². The Morgan fingerprint density at radius 3 is 2.19 bits per heavy atom. The summed E-state index contributed by atoms with van der Waals surface area (Å²) in [6, 6.07) is 21.2. The normalized spacial score (nSPS) is 25.7. The third-order valence-corrected chi connectivity index (χ3v) is 8.88. The van der Waals surface area contributed by atoms with E-state index in [1.54, 1.807) is 0 Å². The second kappa shape index (κ2) is 10.7. The number of carbonyl (C=O) groups excluding carboxylic acids is 3. The quantitative estimate of drug-likeness (QED) is 0.342. The summed E-state index contributed by atoms with van der Waals surface area (Å²) in [4.78, 5) is 38.9. The highest BCUT2D eigenvalue weighted by atomic mass is 79.9. The number of amides is 2. The SMILES string of the molecule is CC(=O)NC1(C(=O)OCc2ccccc2)N2C(=O)C[C@H]2SC1(CCl)CBr.c1ccccc1. The first-order valence-electron chi connectivity index (χ1n) is 10.0. The molecule has 0 aromatic heterocycles. The van der Waals surface area contributed by atoms with E-state index in [0.29, 0.717) is 11.8 Å². The molecule has 6 nitrogen and oxygen atoms in total. The second-order valence-corrected chi connectivity index (χ2v) is 9.80. The van der Waals surface area contributed by atoms with E-state index < -0.39 is 22.3 Å². The minimum Gasteiger partial charge on any atom is -0.458 e. The zero-order chi connectivity index (χ0) is 23.2. The van der Waals surface area contributed by atoms with Gasteiger partial charge in [0.15, 0.2) is 0 Å². The lowest BCUT2D eigenvalue weighted by molar-refractivity contribution is -0.178. The molecule has 0 spiro atoms. The summed E-state index contributed by atoms with van der Waals surface area (Å²) in [5.74, 6) is -1.26. The fourth-order valence-corrected chi connectivity index (χ4v) is 7.08. The lowest BCUT2D eigenvalue weighted by Crippen LogP contribution is -2.77. The molecule has 0 radical (unpaired) electrons. The van der Waals surface area contributed by atoms with Crippen molar-refractivity contribution in [2.45, 2.75) is 35.7 Å². The van der Waals surface area contributed by atoms with Crippen molar-refractivity contribution >= 4 is 57.1 Å². The van der Waals surface area contributed by atoms with Gasteiger partial charge in [0.2, 0.25) is 17.5 Å². The maximum atomic E-state index is 13.2. The molecule has 2 heterocycles. The second-order valence-electron chi connectivity index (χ2n) is 7.41. The molecule has 1 N–H and O–H groups in total. The monoisotopic (exact) mass is 538 g/mol. The first kappa shape index (κ1) is 24.6. The van der Waals surface area contributed by atoms with Crippen LogP contribution in [0.3, 0.4) is 0 Å². The summed E-state index contributed by atoms with van der Waals surface area (Å²) in [5.41, 5.74) is -0.824. The van der Waals surface area contributed by atoms with Gasteiger partial charge in [0, 0.05) is 18.1 Å². The van der Waals surface area contributed by atoms with Crippen molar-refractivity contribution in [1.29, 1.82) is 0 Å².